The SMILES string of the molecule is CCOC(=O)C(C)(C)CCCCOc1ccc(SOCCCCCBr)cc1. The van der Waals surface area contributed by atoms with Gasteiger partial charge in [-0.3, -0.25) is 4.79 Å². The Bertz CT molecular complexity index is 519. The summed E-state index contributed by atoms with van der Waals surface area (Å²) in [6, 6.07) is 7.98. The lowest BCUT2D eigenvalue weighted by Crippen LogP contribution is -2.26. The van der Waals surface area contributed by atoms with Crippen molar-refractivity contribution in [1.29, 1.82) is 0 Å². The highest BCUT2D eigenvalue weighted by Crippen LogP contribution is 2.26. The highest BCUT2D eigenvalue weighted by atomic mass is 79.9. The van der Waals surface area contributed by atoms with Gasteiger partial charge >= 0.3 is 5.97 Å². The number of halogens is 1. The van der Waals surface area contributed by atoms with Crippen LogP contribution in [0, 0.1) is 5.41 Å². The molecule has 0 aliphatic heterocycles. The van der Waals surface area contributed by atoms with Crippen molar-refractivity contribution in [2.45, 2.75) is 64.2 Å². The molecule has 0 bridgehead atoms. The van der Waals surface area contributed by atoms with E-state index in [1.807, 2.05) is 45.0 Å². The second-order valence-electron chi connectivity index (χ2n) is 7.04. The van der Waals surface area contributed by atoms with Crippen LogP contribution >= 0.6 is 28.0 Å². The molecule has 0 saturated heterocycles. The normalized spacial score (nSPS) is 11.4. The van der Waals surface area contributed by atoms with Crippen LogP contribution in [-0.4, -0.2) is 31.1 Å². The number of rotatable bonds is 15. The molecule has 27 heavy (non-hydrogen) atoms. The summed E-state index contributed by atoms with van der Waals surface area (Å²) >= 11 is 4.85. The molecule has 0 amide bonds. The fourth-order valence-electron chi connectivity index (χ4n) is 2.42. The highest BCUT2D eigenvalue weighted by molar-refractivity contribution is 9.09. The number of carbonyl (C=O) groups is 1. The van der Waals surface area contributed by atoms with Gasteiger partial charge in [-0.1, -0.05) is 22.4 Å². The van der Waals surface area contributed by atoms with Crippen molar-refractivity contribution in [2.24, 2.45) is 5.41 Å². The number of ether oxygens (including phenoxy) is 2. The second-order valence-corrected chi connectivity index (χ2v) is 8.70. The summed E-state index contributed by atoms with van der Waals surface area (Å²) in [6.45, 7) is 7.57. The van der Waals surface area contributed by atoms with Crippen molar-refractivity contribution in [3.05, 3.63) is 24.3 Å². The molecule has 0 atom stereocenters. The van der Waals surface area contributed by atoms with Gasteiger partial charge in [0.1, 0.15) is 5.75 Å². The van der Waals surface area contributed by atoms with Gasteiger partial charge in [-0.15, -0.1) is 0 Å². The predicted octanol–water partition coefficient (Wildman–Crippen LogP) is 6.41. The molecular weight excluding hydrogens is 428 g/mol. The van der Waals surface area contributed by atoms with Crippen LogP contribution in [0.25, 0.3) is 0 Å². The first-order valence-corrected chi connectivity index (χ1v) is 11.6. The molecule has 0 heterocycles. The van der Waals surface area contributed by atoms with Gasteiger partial charge in [-0.2, -0.15) is 0 Å². The zero-order valence-corrected chi connectivity index (χ0v) is 19.2. The van der Waals surface area contributed by atoms with Crippen molar-refractivity contribution in [3.63, 3.8) is 0 Å². The average Bonchev–Trinajstić information content (AvgIpc) is 2.65. The van der Waals surface area contributed by atoms with E-state index in [0.29, 0.717) is 13.2 Å². The lowest BCUT2D eigenvalue weighted by Gasteiger charge is -2.21. The van der Waals surface area contributed by atoms with Crippen molar-refractivity contribution in [2.75, 3.05) is 25.2 Å². The van der Waals surface area contributed by atoms with Crippen LogP contribution < -0.4 is 4.74 Å². The maximum absolute atomic E-state index is 11.9. The van der Waals surface area contributed by atoms with Crippen LogP contribution in [0.5, 0.6) is 5.75 Å². The number of hydrogen-bond donors (Lipinski definition) is 0. The fourth-order valence-corrected chi connectivity index (χ4v) is 3.40. The summed E-state index contributed by atoms with van der Waals surface area (Å²) in [5.41, 5.74) is -0.427. The van der Waals surface area contributed by atoms with Gasteiger partial charge in [-0.05, 0) is 77.1 Å². The van der Waals surface area contributed by atoms with Gasteiger partial charge in [0.25, 0.3) is 0 Å². The molecule has 0 aliphatic rings. The third-order valence-corrected chi connectivity index (χ3v) is 5.44. The van der Waals surface area contributed by atoms with E-state index in [2.05, 4.69) is 15.9 Å². The molecule has 6 heteroatoms. The molecule has 0 spiro atoms. The van der Waals surface area contributed by atoms with Crippen LogP contribution in [0.3, 0.4) is 0 Å². The molecule has 0 saturated carbocycles. The number of carbonyl (C=O) groups excluding carboxylic acids is 1. The number of alkyl halides is 1. The third kappa shape index (κ3) is 11.0. The minimum Gasteiger partial charge on any atom is -0.494 e. The highest BCUT2D eigenvalue weighted by Gasteiger charge is 2.28. The minimum atomic E-state index is -0.427. The van der Waals surface area contributed by atoms with E-state index in [0.717, 1.165) is 48.3 Å². The second kappa shape index (κ2) is 14.3. The Balaban J connectivity index is 2.16. The predicted molar refractivity (Wildman–Crippen MR) is 116 cm³/mol. The van der Waals surface area contributed by atoms with Gasteiger partial charge in [0.2, 0.25) is 0 Å². The topological polar surface area (TPSA) is 44.8 Å². The Kier molecular flexibility index (Phi) is 12.9. The molecule has 154 valence electrons. The molecule has 1 aromatic carbocycles. The molecule has 0 fully saturated rings. The van der Waals surface area contributed by atoms with Crippen LogP contribution in [0.4, 0.5) is 0 Å². The van der Waals surface area contributed by atoms with Crippen LogP contribution in [0.15, 0.2) is 29.2 Å². The van der Waals surface area contributed by atoms with E-state index < -0.39 is 5.41 Å². The maximum Gasteiger partial charge on any atom is 0.311 e. The summed E-state index contributed by atoms with van der Waals surface area (Å²) in [5.74, 6) is 0.741. The standard InChI is InChI=1S/C21H33BrO4S/c1-4-24-20(23)21(2,3)14-6-9-16-25-18-10-12-19(13-11-18)27-26-17-8-5-7-15-22/h10-13H,4-9,14-17H2,1-3H3. The number of benzene rings is 1. The van der Waals surface area contributed by atoms with Crippen molar-refractivity contribution >= 4 is 33.9 Å². The van der Waals surface area contributed by atoms with Crippen molar-refractivity contribution < 1.29 is 18.5 Å². The maximum atomic E-state index is 11.9. The Morgan fingerprint density at radius 1 is 1.04 bits per heavy atom. The molecule has 0 radical (unpaired) electrons. The summed E-state index contributed by atoms with van der Waals surface area (Å²) in [4.78, 5) is 12.9. The smallest absolute Gasteiger partial charge is 0.311 e. The zero-order chi connectivity index (χ0) is 20.0. The van der Waals surface area contributed by atoms with E-state index in [-0.39, 0.29) is 5.97 Å². The molecule has 1 rings (SSSR count). The molecule has 4 nitrogen and oxygen atoms in total. The van der Waals surface area contributed by atoms with E-state index in [1.54, 1.807) is 0 Å². The Labute approximate surface area is 177 Å². The lowest BCUT2D eigenvalue weighted by molar-refractivity contribution is -0.153. The van der Waals surface area contributed by atoms with E-state index >= 15 is 0 Å². The lowest BCUT2D eigenvalue weighted by atomic mass is 9.87. The monoisotopic (exact) mass is 460 g/mol. The third-order valence-electron chi connectivity index (χ3n) is 4.13. The zero-order valence-electron chi connectivity index (χ0n) is 16.8. The molecule has 1 aromatic rings. The largest absolute Gasteiger partial charge is 0.494 e. The number of esters is 1. The summed E-state index contributed by atoms with van der Waals surface area (Å²) in [5, 5.41) is 1.06. The first kappa shape index (κ1) is 24.3. The summed E-state index contributed by atoms with van der Waals surface area (Å²) < 4.78 is 16.5. The van der Waals surface area contributed by atoms with E-state index in [9.17, 15) is 4.79 Å². The minimum absolute atomic E-state index is 0.121. The van der Waals surface area contributed by atoms with Crippen LogP contribution in [0.1, 0.15) is 59.3 Å². The van der Waals surface area contributed by atoms with Crippen molar-refractivity contribution in [1.82, 2.24) is 0 Å². The Morgan fingerprint density at radius 3 is 2.41 bits per heavy atom. The van der Waals surface area contributed by atoms with Gasteiger partial charge in [-0.25, -0.2) is 0 Å². The average molecular weight is 461 g/mol. The first-order valence-electron chi connectivity index (χ1n) is 9.75. The van der Waals surface area contributed by atoms with Gasteiger partial charge in [0, 0.05) is 22.3 Å². The molecule has 0 N–H and O–H groups in total. The Morgan fingerprint density at radius 2 is 1.74 bits per heavy atom. The first-order chi connectivity index (χ1) is 13.0. The fraction of sp³-hybridized carbons (Fsp3) is 0.667. The van der Waals surface area contributed by atoms with Crippen molar-refractivity contribution in [3.8, 4) is 5.75 Å². The quantitative estimate of drug-likeness (QED) is 0.131. The van der Waals surface area contributed by atoms with Gasteiger partial charge < -0.3 is 13.7 Å². The van der Waals surface area contributed by atoms with Crippen LogP contribution in [-0.2, 0) is 13.7 Å². The van der Waals surface area contributed by atoms with Crippen LogP contribution in [0.2, 0.25) is 0 Å². The number of unbranched alkanes of at least 4 members (excludes halogenated alkanes) is 3. The molecular formula is C21H33BrO4S. The van der Waals surface area contributed by atoms with Gasteiger partial charge in [0.15, 0.2) is 0 Å². The Hall–Kier alpha value is -0.720. The number of hydrogen-bond acceptors (Lipinski definition) is 5. The van der Waals surface area contributed by atoms with Gasteiger partial charge in [0.05, 0.1) is 25.2 Å². The van der Waals surface area contributed by atoms with E-state index in [4.69, 9.17) is 13.7 Å². The summed E-state index contributed by atoms with van der Waals surface area (Å²) in [7, 11) is 0. The molecule has 0 aliphatic carbocycles. The molecule has 0 unspecified atom stereocenters. The molecule has 0 aromatic heterocycles. The van der Waals surface area contributed by atoms with E-state index in [1.165, 1.54) is 24.9 Å². The summed E-state index contributed by atoms with van der Waals surface area (Å²) in [6.07, 6.45) is 6.12.